The number of hydrazone groups is 1. The molecule has 0 radical (unpaired) electrons. The molecule has 0 fully saturated rings. The molecule has 0 aliphatic carbocycles. The predicted octanol–water partition coefficient (Wildman–Crippen LogP) is 2.92. The molecule has 0 saturated carbocycles. The van der Waals surface area contributed by atoms with Crippen molar-refractivity contribution in [3.05, 3.63) is 53.1 Å². The number of hydrogen-bond acceptors (Lipinski definition) is 5. The summed E-state index contributed by atoms with van der Waals surface area (Å²) in [5.41, 5.74) is 9.05. The maximum atomic E-state index is 12.1. The average molecular weight is 407 g/mol. The third kappa shape index (κ3) is 6.76. The number of nitrogens with one attached hydrogen (secondary N) is 2. The molecule has 0 heterocycles. The number of ether oxygens (including phenoxy) is 2. The molecule has 2 aromatic rings. The summed E-state index contributed by atoms with van der Waals surface area (Å²) in [7, 11) is 0. The first-order chi connectivity index (χ1) is 13.0. The van der Waals surface area contributed by atoms with Gasteiger partial charge in [-0.25, -0.2) is 0 Å². The van der Waals surface area contributed by atoms with Crippen molar-refractivity contribution in [1.29, 1.82) is 0 Å². The van der Waals surface area contributed by atoms with Gasteiger partial charge in [-0.1, -0.05) is 23.7 Å². The van der Waals surface area contributed by atoms with Crippen LogP contribution in [0.4, 0.5) is 5.69 Å². The van der Waals surface area contributed by atoms with E-state index in [0.29, 0.717) is 28.8 Å². The summed E-state index contributed by atoms with van der Waals surface area (Å²) >= 11 is 10.7. The second-order valence-corrected chi connectivity index (χ2v) is 6.04. The van der Waals surface area contributed by atoms with Crippen LogP contribution in [0.1, 0.15) is 12.5 Å². The number of carbonyl (C=O) groups excluding carboxylic acids is 1. The zero-order chi connectivity index (χ0) is 19.6. The van der Waals surface area contributed by atoms with Gasteiger partial charge in [-0.05, 0) is 55.0 Å². The van der Waals surface area contributed by atoms with Gasteiger partial charge in [-0.3, -0.25) is 10.2 Å². The normalized spacial score (nSPS) is 10.4. The second kappa shape index (κ2) is 10.3. The molecule has 0 aliphatic rings. The van der Waals surface area contributed by atoms with Crippen LogP contribution in [-0.4, -0.2) is 30.4 Å². The fraction of sp³-hybridized carbons (Fsp3) is 0.167. The Balaban J connectivity index is 2.02. The van der Waals surface area contributed by atoms with E-state index in [9.17, 15) is 4.79 Å². The molecule has 0 unspecified atom stereocenters. The van der Waals surface area contributed by atoms with E-state index in [1.54, 1.807) is 42.5 Å². The monoisotopic (exact) mass is 406 g/mol. The molecule has 7 nitrogen and oxygen atoms in total. The van der Waals surface area contributed by atoms with Crippen LogP contribution >= 0.6 is 23.8 Å². The minimum atomic E-state index is -0.336. The number of halogens is 1. The van der Waals surface area contributed by atoms with Crippen molar-refractivity contribution in [3.8, 4) is 11.5 Å². The van der Waals surface area contributed by atoms with Gasteiger partial charge in [0.05, 0.1) is 23.5 Å². The number of rotatable bonds is 8. The fourth-order valence-electron chi connectivity index (χ4n) is 2.06. The van der Waals surface area contributed by atoms with Gasteiger partial charge in [-0.2, -0.15) is 5.10 Å². The Morgan fingerprint density at radius 3 is 2.74 bits per heavy atom. The smallest absolute Gasteiger partial charge is 0.262 e. The van der Waals surface area contributed by atoms with Gasteiger partial charge in [0.25, 0.3) is 5.91 Å². The van der Waals surface area contributed by atoms with Crippen LogP contribution in [0.15, 0.2) is 47.6 Å². The van der Waals surface area contributed by atoms with Crippen molar-refractivity contribution >= 4 is 46.7 Å². The molecule has 27 heavy (non-hydrogen) atoms. The van der Waals surface area contributed by atoms with Gasteiger partial charge in [0.2, 0.25) is 0 Å². The van der Waals surface area contributed by atoms with E-state index in [4.69, 9.17) is 26.8 Å². The molecule has 0 spiro atoms. The third-order valence-electron chi connectivity index (χ3n) is 3.16. The molecule has 0 bridgehead atoms. The van der Waals surface area contributed by atoms with Crippen molar-refractivity contribution in [2.45, 2.75) is 6.92 Å². The molecule has 142 valence electrons. The van der Waals surface area contributed by atoms with Crippen LogP contribution in [0.3, 0.4) is 0 Å². The second-order valence-electron chi connectivity index (χ2n) is 5.19. The SMILES string of the molecule is CCOc1cc(C=NNC(N)=S)ccc1OCC(=O)Nc1ccccc1Cl. The molecule has 2 rings (SSSR count). The number of nitrogens with zero attached hydrogens (tertiary/aromatic N) is 1. The van der Waals surface area contributed by atoms with E-state index in [2.05, 4.69) is 28.1 Å². The number of para-hydroxylation sites is 1. The molecule has 9 heteroatoms. The highest BCUT2D eigenvalue weighted by molar-refractivity contribution is 7.80. The number of nitrogens with two attached hydrogens (primary N) is 1. The number of amides is 1. The van der Waals surface area contributed by atoms with Gasteiger partial charge in [0.15, 0.2) is 23.2 Å². The van der Waals surface area contributed by atoms with Crippen molar-refractivity contribution in [3.63, 3.8) is 0 Å². The van der Waals surface area contributed by atoms with Crippen LogP contribution in [0.2, 0.25) is 5.02 Å². The number of benzene rings is 2. The van der Waals surface area contributed by atoms with Crippen LogP contribution in [-0.2, 0) is 4.79 Å². The summed E-state index contributed by atoms with van der Waals surface area (Å²) in [5, 5.41) is 7.10. The molecular formula is C18H19ClN4O3S. The fourth-order valence-corrected chi connectivity index (χ4v) is 2.29. The summed E-state index contributed by atoms with van der Waals surface area (Å²) in [6, 6.07) is 12.1. The number of anilines is 1. The summed E-state index contributed by atoms with van der Waals surface area (Å²) in [6.07, 6.45) is 1.54. The van der Waals surface area contributed by atoms with Crippen molar-refractivity contribution < 1.29 is 14.3 Å². The summed E-state index contributed by atoms with van der Waals surface area (Å²) in [4.78, 5) is 12.1. The maximum Gasteiger partial charge on any atom is 0.262 e. The first kappa shape index (κ1) is 20.5. The topological polar surface area (TPSA) is 98.0 Å². The molecule has 0 saturated heterocycles. The maximum absolute atomic E-state index is 12.1. The van der Waals surface area contributed by atoms with E-state index in [1.807, 2.05) is 6.92 Å². The Morgan fingerprint density at radius 2 is 2.04 bits per heavy atom. The molecule has 4 N–H and O–H groups in total. The minimum Gasteiger partial charge on any atom is -0.490 e. The van der Waals surface area contributed by atoms with Gasteiger partial charge < -0.3 is 20.5 Å². The van der Waals surface area contributed by atoms with Crippen LogP contribution < -0.4 is 25.9 Å². The van der Waals surface area contributed by atoms with Crippen molar-refractivity contribution in [2.75, 3.05) is 18.5 Å². The summed E-state index contributed by atoms with van der Waals surface area (Å²) in [5.74, 6) is 0.588. The Morgan fingerprint density at radius 1 is 1.26 bits per heavy atom. The van der Waals surface area contributed by atoms with Gasteiger partial charge >= 0.3 is 0 Å². The summed E-state index contributed by atoms with van der Waals surface area (Å²) in [6.45, 7) is 2.10. The Hall–Kier alpha value is -2.84. The van der Waals surface area contributed by atoms with E-state index >= 15 is 0 Å². The summed E-state index contributed by atoms with van der Waals surface area (Å²) < 4.78 is 11.1. The molecule has 1 amide bonds. The van der Waals surface area contributed by atoms with E-state index in [0.717, 1.165) is 5.56 Å². The minimum absolute atomic E-state index is 0.0702. The molecule has 0 aromatic heterocycles. The van der Waals surface area contributed by atoms with Crippen LogP contribution in [0.5, 0.6) is 11.5 Å². The number of hydrogen-bond donors (Lipinski definition) is 3. The highest BCUT2D eigenvalue weighted by atomic mass is 35.5. The van der Waals surface area contributed by atoms with Crippen molar-refractivity contribution in [1.82, 2.24) is 5.43 Å². The Labute approximate surface area is 167 Å². The largest absolute Gasteiger partial charge is 0.490 e. The zero-order valence-electron chi connectivity index (χ0n) is 14.6. The molecule has 0 aliphatic heterocycles. The Kier molecular flexibility index (Phi) is 7.84. The molecular weight excluding hydrogens is 388 g/mol. The number of thiocarbonyl (C=S) groups is 1. The molecule has 0 atom stereocenters. The van der Waals surface area contributed by atoms with Crippen LogP contribution in [0, 0.1) is 0 Å². The van der Waals surface area contributed by atoms with Crippen molar-refractivity contribution in [2.24, 2.45) is 10.8 Å². The average Bonchev–Trinajstić information content (AvgIpc) is 2.63. The lowest BCUT2D eigenvalue weighted by Gasteiger charge is -2.13. The van der Waals surface area contributed by atoms with E-state index in [-0.39, 0.29) is 17.6 Å². The lowest BCUT2D eigenvalue weighted by Crippen LogP contribution is -2.24. The highest BCUT2D eigenvalue weighted by Crippen LogP contribution is 2.28. The number of carbonyl (C=O) groups is 1. The van der Waals surface area contributed by atoms with Gasteiger partial charge in [0, 0.05) is 0 Å². The lowest BCUT2D eigenvalue weighted by molar-refractivity contribution is -0.118. The van der Waals surface area contributed by atoms with E-state index in [1.165, 1.54) is 6.21 Å². The van der Waals surface area contributed by atoms with Gasteiger partial charge in [-0.15, -0.1) is 0 Å². The zero-order valence-corrected chi connectivity index (χ0v) is 16.1. The quantitative estimate of drug-likeness (QED) is 0.354. The third-order valence-corrected chi connectivity index (χ3v) is 3.58. The first-order valence-electron chi connectivity index (χ1n) is 8.02. The molecule has 2 aromatic carbocycles. The predicted molar refractivity (Wildman–Crippen MR) is 111 cm³/mol. The Bertz CT molecular complexity index is 845. The first-order valence-corrected chi connectivity index (χ1v) is 8.80. The standard InChI is InChI=1S/C18H19ClN4O3S/c1-2-25-16-9-12(10-21-23-18(20)27)7-8-15(16)26-11-17(24)22-14-6-4-3-5-13(14)19/h3-10H,2,11H2,1H3,(H,22,24)(H3,20,23,27). The van der Waals surface area contributed by atoms with Crippen LogP contribution in [0.25, 0.3) is 0 Å². The lowest BCUT2D eigenvalue weighted by atomic mass is 10.2. The van der Waals surface area contributed by atoms with E-state index < -0.39 is 0 Å². The van der Waals surface area contributed by atoms with Gasteiger partial charge in [0.1, 0.15) is 0 Å². The highest BCUT2D eigenvalue weighted by Gasteiger charge is 2.10.